The highest BCUT2D eigenvalue weighted by atomic mass is 32.1. The number of amides is 3. The SMILES string of the molecule is O=C(c1cccs1)N1C(=O)[C@H]2CCCCN2C(=O)c2ccccc21. The first-order valence-corrected chi connectivity index (χ1v) is 8.88. The van der Waals surface area contributed by atoms with Gasteiger partial charge in [0.05, 0.1) is 16.1 Å². The third-order valence-corrected chi connectivity index (χ3v) is 5.44. The average molecular weight is 340 g/mol. The normalized spacial score (nSPS) is 20.4. The van der Waals surface area contributed by atoms with Crippen molar-refractivity contribution in [2.75, 3.05) is 11.4 Å². The molecule has 4 rings (SSSR count). The van der Waals surface area contributed by atoms with Crippen LogP contribution in [-0.4, -0.2) is 35.2 Å². The fourth-order valence-electron chi connectivity index (χ4n) is 3.42. The van der Waals surface area contributed by atoms with E-state index in [9.17, 15) is 14.4 Å². The van der Waals surface area contributed by atoms with Gasteiger partial charge in [-0.25, -0.2) is 4.90 Å². The molecule has 0 bridgehead atoms. The fourth-order valence-corrected chi connectivity index (χ4v) is 4.08. The second kappa shape index (κ2) is 5.87. The molecule has 5 nitrogen and oxygen atoms in total. The van der Waals surface area contributed by atoms with E-state index >= 15 is 0 Å². The summed E-state index contributed by atoms with van der Waals surface area (Å²) in [5, 5.41) is 1.81. The molecule has 2 aliphatic heterocycles. The fraction of sp³-hybridized carbons (Fsp3) is 0.278. The van der Waals surface area contributed by atoms with Crippen LogP contribution in [0, 0.1) is 0 Å². The van der Waals surface area contributed by atoms with Gasteiger partial charge in [-0.05, 0) is 42.8 Å². The number of piperidine rings is 1. The molecule has 1 atom stereocenters. The van der Waals surface area contributed by atoms with Crippen LogP contribution in [0.4, 0.5) is 5.69 Å². The van der Waals surface area contributed by atoms with Crippen molar-refractivity contribution in [2.45, 2.75) is 25.3 Å². The van der Waals surface area contributed by atoms with Crippen LogP contribution in [0.5, 0.6) is 0 Å². The highest BCUT2D eigenvalue weighted by Crippen LogP contribution is 2.33. The minimum Gasteiger partial charge on any atom is -0.327 e. The number of para-hydroxylation sites is 1. The molecule has 1 aromatic carbocycles. The molecule has 3 amide bonds. The largest absolute Gasteiger partial charge is 0.327 e. The molecule has 1 aromatic heterocycles. The van der Waals surface area contributed by atoms with Crippen LogP contribution in [0.25, 0.3) is 0 Å². The molecule has 0 spiro atoms. The molecular formula is C18H16N2O3S. The number of hydrogen-bond donors (Lipinski definition) is 0. The smallest absolute Gasteiger partial charge is 0.275 e. The number of carbonyl (C=O) groups excluding carboxylic acids is 3. The molecule has 0 N–H and O–H groups in total. The molecule has 0 aliphatic carbocycles. The summed E-state index contributed by atoms with van der Waals surface area (Å²) in [5.74, 6) is -0.820. The van der Waals surface area contributed by atoms with Crippen LogP contribution >= 0.6 is 11.3 Å². The van der Waals surface area contributed by atoms with Crippen molar-refractivity contribution in [3.05, 3.63) is 52.2 Å². The second-order valence-electron chi connectivity index (χ2n) is 5.98. The average Bonchev–Trinajstić information content (AvgIpc) is 3.13. The van der Waals surface area contributed by atoms with E-state index in [4.69, 9.17) is 0 Å². The molecular weight excluding hydrogens is 324 g/mol. The first kappa shape index (κ1) is 15.1. The summed E-state index contributed by atoms with van der Waals surface area (Å²) in [4.78, 5) is 42.3. The van der Waals surface area contributed by atoms with Crippen LogP contribution in [0.15, 0.2) is 41.8 Å². The zero-order chi connectivity index (χ0) is 16.7. The first-order valence-electron chi connectivity index (χ1n) is 8.00. The maximum absolute atomic E-state index is 13.1. The minimum absolute atomic E-state index is 0.162. The topological polar surface area (TPSA) is 57.7 Å². The van der Waals surface area contributed by atoms with Gasteiger partial charge in [-0.1, -0.05) is 18.2 Å². The zero-order valence-electron chi connectivity index (χ0n) is 13.0. The lowest BCUT2D eigenvalue weighted by Crippen LogP contribution is -2.52. The van der Waals surface area contributed by atoms with E-state index in [0.29, 0.717) is 29.1 Å². The van der Waals surface area contributed by atoms with Gasteiger partial charge < -0.3 is 4.90 Å². The van der Waals surface area contributed by atoms with Gasteiger partial charge in [0.1, 0.15) is 6.04 Å². The van der Waals surface area contributed by atoms with E-state index < -0.39 is 6.04 Å². The summed E-state index contributed by atoms with van der Waals surface area (Å²) in [6, 6.07) is 9.81. The Balaban J connectivity index is 1.87. The summed E-state index contributed by atoms with van der Waals surface area (Å²) >= 11 is 1.30. The van der Waals surface area contributed by atoms with E-state index in [1.165, 1.54) is 16.2 Å². The lowest BCUT2D eigenvalue weighted by Gasteiger charge is -2.33. The number of fused-ring (bicyclic) bond motifs is 2. The number of anilines is 1. The Morgan fingerprint density at radius 3 is 2.71 bits per heavy atom. The summed E-state index contributed by atoms with van der Waals surface area (Å²) in [5.41, 5.74) is 0.806. The number of carbonyl (C=O) groups is 3. The molecule has 1 saturated heterocycles. The monoisotopic (exact) mass is 340 g/mol. The maximum atomic E-state index is 13.1. The minimum atomic E-state index is -0.553. The zero-order valence-corrected chi connectivity index (χ0v) is 13.8. The predicted molar refractivity (Wildman–Crippen MR) is 91.3 cm³/mol. The van der Waals surface area contributed by atoms with Crippen LogP contribution in [0.3, 0.4) is 0 Å². The van der Waals surface area contributed by atoms with Gasteiger partial charge in [-0.15, -0.1) is 11.3 Å². The maximum Gasteiger partial charge on any atom is 0.275 e. The first-order chi connectivity index (χ1) is 11.7. The molecule has 6 heteroatoms. The van der Waals surface area contributed by atoms with Crippen LogP contribution in [0.2, 0.25) is 0 Å². The Bertz CT molecular complexity index is 815. The molecule has 0 saturated carbocycles. The lowest BCUT2D eigenvalue weighted by atomic mass is 10.0. The molecule has 122 valence electrons. The highest BCUT2D eigenvalue weighted by molar-refractivity contribution is 7.12. The third-order valence-electron chi connectivity index (χ3n) is 4.58. The Labute approximate surface area is 143 Å². The van der Waals surface area contributed by atoms with Crippen molar-refractivity contribution in [1.82, 2.24) is 4.90 Å². The van der Waals surface area contributed by atoms with Gasteiger partial charge >= 0.3 is 0 Å². The van der Waals surface area contributed by atoms with Gasteiger partial charge in [-0.2, -0.15) is 0 Å². The summed E-state index contributed by atoms with van der Waals surface area (Å²) < 4.78 is 0. The Morgan fingerprint density at radius 1 is 1.08 bits per heavy atom. The van der Waals surface area contributed by atoms with E-state index in [0.717, 1.165) is 12.8 Å². The van der Waals surface area contributed by atoms with Crippen molar-refractivity contribution in [3.8, 4) is 0 Å². The highest BCUT2D eigenvalue weighted by Gasteiger charge is 2.43. The second-order valence-corrected chi connectivity index (χ2v) is 6.93. The van der Waals surface area contributed by atoms with E-state index in [1.54, 1.807) is 46.7 Å². The van der Waals surface area contributed by atoms with Gasteiger partial charge in [-0.3, -0.25) is 14.4 Å². The molecule has 2 aromatic rings. The van der Waals surface area contributed by atoms with Crippen LogP contribution in [-0.2, 0) is 4.79 Å². The van der Waals surface area contributed by atoms with E-state index in [2.05, 4.69) is 0 Å². The number of rotatable bonds is 1. The molecule has 3 heterocycles. The van der Waals surface area contributed by atoms with Crippen molar-refractivity contribution in [2.24, 2.45) is 0 Å². The lowest BCUT2D eigenvalue weighted by molar-refractivity contribution is -0.123. The number of nitrogens with zero attached hydrogens (tertiary/aromatic N) is 2. The molecule has 0 radical (unpaired) electrons. The Morgan fingerprint density at radius 2 is 1.92 bits per heavy atom. The summed E-state index contributed by atoms with van der Waals surface area (Å²) in [6.45, 7) is 0.560. The number of benzene rings is 1. The van der Waals surface area contributed by atoms with Crippen LogP contribution < -0.4 is 4.90 Å². The third kappa shape index (κ3) is 2.26. The summed E-state index contributed by atoms with van der Waals surface area (Å²) in [7, 11) is 0. The molecule has 2 aliphatic rings. The number of hydrogen-bond acceptors (Lipinski definition) is 4. The van der Waals surface area contributed by atoms with Crippen molar-refractivity contribution >= 4 is 34.7 Å². The Hall–Kier alpha value is -2.47. The van der Waals surface area contributed by atoms with Gasteiger partial charge in [0.25, 0.3) is 17.7 Å². The number of thiophene rings is 1. The Kier molecular flexibility index (Phi) is 3.69. The number of imide groups is 1. The predicted octanol–water partition coefficient (Wildman–Crippen LogP) is 2.93. The van der Waals surface area contributed by atoms with Gasteiger partial charge in [0.2, 0.25) is 0 Å². The molecule has 0 unspecified atom stereocenters. The van der Waals surface area contributed by atoms with Crippen molar-refractivity contribution in [1.29, 1.82) is 0 Å². The van der Waals surface area contributed by atoms with E-state index in [-0.39, 0.29) is 17.7 Å². The summed E-state index contributed by atoms with van der Waals surface area (Å²) in [6.07, 6.45) is 2.38. The van der Waals surface area contributed by atoms with Crippen molar-refractivity contribution in [3.63, 3.8) is 0 Å². The van der Waals surface area contributed by atoms with Gasteiger partial charge in [0.15, 0.2) is 0 Å². The van der Waals surface area contributed by atoms with E-state index in [1.807, 2.05) is 0 Å². The standard InChI is InChI=1S/C18H16N2O3S/c21-16-12-6-1-2-7-13(12)20(18(23)15-9-5-11-24-15)17(22)14-8-3-4-10-19(14)16/h1-2,5-7,9,11,14H,3-4,8,10H2/t14-/m1/s1. The van der Waals surface area contributed by atoms with Crippen molar-refractivity contribution < 1.29 is 14.4 Å². The molecule has 24 heavy (non-hydrogen) atoms. The molecule has 1 fully saturated rings. The van der Waals surface area contributed by atoms with Crippen LogP contribution in [0.1, 0.15) is 39.3 Å². The van der Waals surface area contributed by atoms with Gasteiger partial charge in [0, 0.05) is 6.54 Å². The quantitative estimate of drug-likeness (QED) is 0.750.